The van der Waals surface area contributed by atoms with Gasteiger partial charge in [0.2, 0.25) is 0 Å². The van der Waals surface area contributed by atoms with Crippen LogP contribution in [-0.4, -0.2) is 19.2 Å². The maximum Gasteiger partial charge on any atom is 0.146 e. The van der Waals surface area contributed by atoms with Crippen LogP contribution in [0.15, 0.2) is 33.3 Å². The fraction of sp³-hybridized carbons (Fsp3) is 0.154. The van der Waals surface area contributed by atoms with Crippen LogP contribution in [0.1, 0.15) is 0 Å². The van der Waals surface area contributed by atoms with Crippen molar-refractivity contribution in [3.63, 3.8) is 0 Å². The number of hydrogen-bond donors (Lipinski definition) is 1. The van der Waals surface area contributed by atoms with Crippen molar-refractivity contribution < 1.29 is 9.47 Å². The predicted molar refractivity (Wildman–Crippen MR) is 87.5 cm³/mol. The lowest BCUT2D eigenvalue weighted by atomic mass is 10.2. The fourth-order valence-electron chi connectivity index (χ4n) is 1.59. The number of aromatic nitrogens is 1. The molecule has 1 heterocycles. The zero-order valence-corrected chi connectivity index (χ0v) is 14.6. The van der Waals surface area contributed by atoms with Crippen molar-refractivity contribution >= 4 is 55.0 Å². The maximum absolute atomic E-state index is 6.13. The van der Waals surface area contributed by atoms with Gasteiger partial charge in [0.25, 0.3) is 0 Å². The van der Waals surface area contributed by atoms with Crippen LogP contribution in [0, 0.1) is 0 Å². The Hall–Kier alpha value is -0.980. The zero-order chi connectivity index (χ0) is 14.7. The molecule has 7 heteroatoms. The van der Waals surface area contributed by atoms with Crippen LogP contribution in [0.5, 0.6) is 11.5 Å². The molecule has 0 aliphatic heterocycles. The number of nitrogens with one attached hydrogen (secondary N) is 1. The van der Waals surface area contributed by atoms with E-state index in [2.05, 4.69) is 42.2 Å². The number of rotatable bonds is 4. The van der Waals surface area contributed by atoms with E-state index in [1.165, 1.54) is 0 Å². The molecule has 2 aromatic rings. The van der Waals surface area contributed by atoms with Crippen LogP contribution in [0.3, 0.4) is 0 Å². The molecule has 20 heavy (non-hydrogen) atoms. The molecule has 0 atom stereocenters. The molecule has 0 amide bonds. The van der Waals surface area contributed by atoms with E-state index in [0.717, 1.165) is 8.95 Å². The minimum Gasteiger partial charge on any atom is -0.495 e. The summed E-state index contributed by atoms with van der Waals surface area (Å²) in [5.41, 5.74) is 0.703. The summed E-state index contributed by atoms with van der Waals surface area (Å²) in [5, 5.41) is 3.66. The number of pyridine rings is 1. The largest absolute Gasteiger partial charge is 0.495 e. The number of halogens is 3. The summed E-state index contributed by atoms with van der Waals surface area (Å²) in [6.45, 7) is 0. The van der Waals surface area contributed by atoms with Gasteiger partial charge in [-0.25, -0.2) is 4.98 Å². The number of benzene rings is 1. The van der Waals surface area contributed by atoms with Crippen LogP contribution in [0.4, 0.5) is 11.5 Å². The maximum atomic E-state index is 6.13. The molecule has 4 nitrogen and oxygen atoms in total. The Morgan fingerprint density at radius 2 is 1.80 bits per heavy atom. The smallest absolute Gasteiger partial charge is 0.146 e. The average Bonchev–Trinajstić information content (AvgIpc) is 2.42. The minimum atomic E-state index is 0.490. The predicted octanol–water partition coefficient (Wildman–Crippen LogP) is 5.02. The first-order chi connectivity index (χ1) is 9.55. The van der Waals surface area contributed by atoms with Gasteiger partial charge in [-0.15, -0.1) is 0 Å². The molecule has 2 rings (SSSR count). The van der Waals surface area contributed by atoms with Crippen LogP contribution < -0.4 is 14.8 Å². The highest BCUT2D eigenvalue weighted by Crippen LogP contribution is 2.38. The van der Waals surface area contributed by atoms with E-state index < -0.39 is 0 Å². The molecule has 0 unspecified atom stereocenters. The number of methoxy groups -OCH3 is 2. The average molecular weight is 423 g/mol. The van der Waals surface area contributed by atoms with Crippen LogP contribution >= 0.6 is 43.5 Å². The third kappa shape index (κ3) is 3.37. The Morgan fingerprint density at radius 3 is 2.40 bits per heavy atom. The number of anilines is 2. The molecule has 0 spiro atoms. The Labute approximate surface area is 138 Å². The van der Waals surface area contributed by atoms with Crippen molar-refractivity contribution in [2.45, 2.75) is 0 Å². The topological polar surface area (TPSA) is 43.4 Å². The van der Waals surface area contributed by atoms with Crippen LogP contribution in [0.2, 0.25) is 5.02 Å². The molecule has 0 saturated carbocycles. The van der Waals surface area contributed by atoms with E-state index in [-0.39, 0.29) is 0 Å². The lowest BCUT2D eigenvalue weighted by molar-refractivity contribution is 0.396. The van der Waals surface area contributed by atoms with E-state index in [1.807, 2.05) is 6.07 Å². The molecule has 1 N–H and O–H groups in total. The Morgan fingerprint density at radius 1 is 1.10 bits per heavy atom. The molecule has 1 aromatic heterocycles. The lowest BCUT2D eigenvalue weighted by Crippen LogP contribution is -1.98. The second-order valence-corrected chi connectivity index (χ2v) is 5.97. The van der Waals surface area contributed by atoms with Crippen LogP contribution in [-0.2, 0) is 0 Å². The van der Waals surface area contributed by atoms with Crippen molar-refractivity contribution in [3.8, 4) is 11.5 Å². The van der Waals surface area contributed by atoms with E-state index in [0.29, 0.717) is 28.0 Å². The summed E-state index contributed by atoms with van der Waals surface area (Å²) >= 11 is 12.9. The molecule has 0 aliphatic carbocycles. The Balaban J connectivity index is 2.40. The lowest BCUT2D eigenvalue weighted by Gasteiger charge is -2.14. The SMILES string of the molecule is COc1cc(OC)c(Nc2ncc(Br)cc2Br)cc1Cl. The van der Waals surface area contributed by atoms with Gasteiger partial charge < -0.3 is 14.8 Å². The summed E-state index contributed by atoms with van der Waals surface area (Å²) in [7, 11) is 3.14. The number of nitrogens with zero attached hydrogens (tertiary/aromatic N) is 1. The van der Waals surface area contributed by atoms with E-state index in [9.17, 15) is 0 Å². The number of hydrogen-bond acceptors (Lipinski definition) is 4. The first kappa shape index (κ1) is 15.4. The standard InChI is InChI=1S/C13H11Br2ClN2O2/c1-19-11-5-12(20-2)10(4-9(11)16)18-13-8(15)3-7(14)6-17-13/h3-6H,1-2H3,(H,17,18). The summed E-state index contributed by atoms with van der Waals surface area (Å²) in [6.07, 6.45) is 1.70. The normalized spacial score (nSPS) is 10.2. The molecule has 1 aromatic carbocycles. The molecular formula is C13H11Br2ClN2O2. The van der Waals surface area contributed by atoms with E-state index >= 15 is 0 Å². The van der Waals surface area contributed by atoms with Gasteiger partial charge in [0.05, 0.1) is 29.4 Å². The molecule has 0 saturated heterocycles. The highest BCUT2D eigenvalue weighted by atomic mass is 79.9. The van der Waals surface area contributed by atoms with Crippen LogP contribution in [0.25, 0.3) is 0 Å². The molecule has 0 radical (unpaired) electrons. The second kappa shape index (κ2) is 6.65. The summed E-state index contributed by atoms with van der Waals surface area (Å²) in [4.78, 5) is 4.29. The van der Waals surface area contributed by atoms with Gasteiger partial charge >= 0.3 is 0 Å². The van der Waals surface area contributed by atoms with Crippen molar-refractivity contribution in [1.82, 2.24) is 4.98 Å². The minimum absolute atomic E-state index is 0.490. The van der Waals surface area contributed by atoms with Gasteiger partial charge in [-0.05, 0) is 44.0 Å². The van der Waals surface area contributed by atoms with Gasteiger partial charge in [-0.3, -0.25) is 0 Å². The first-order valence-corrected chi connectivity index (χ1v) is 7.51. The highest BCUT2D eigenvalue weighted by Gasteiger charge is 2.12. The van der Waals surface area contributed by atoms with Gasteiger partial charge in [0.1, 0.15) is 17.3 Å². The first-order valence-electron chi connectivity index (χ1n) is 5.54. The second-order valence-electron chi connectivity index (χ2n) is 3.80. The monoisotopic (exact) mass is 420 g/mol. The Bertz CT molecular complexity index is 638. The summed E-state index contributed by atoms with van der Waals surface area (Å²) < 4.78 is 12.2. The Kier molecular flexibility index (Phi) is 5.12. The molecule has 0 fully saturated rings. The van der Waals surface area contributed by atoms with Gasteiger partial charge in [-0.2, -0.15) is 0 Å². The van der Waals surface area contributed by atoms with Gasteiger partial charge in [0, 0.05) is 16.7 Å². The van der Waals surface area contributed by atoms with Gasteiger partial charge in [-0.1, -0.05) is 11.6 Å². The van der Waals surface area contributed by atoms with Crippen molar-refractivity contribution in [2.24, 2.45) is 0 Å². The van der Waals surface area contributed by atoms with Crippen molar-refractivity contribution in [2.75, 3.05) is 19.5 Å². The third-order valence-electron chi connectivity index (χ3n) is 2.53. The highest BCUT2D eigenvalue weighted by molar-refractivity contribution is 9.11. The summed E-state index contributed by atoms with van der Waals surface area (Å²) in [6, 6.07) is 5.35. The summed E-state index contributed by atoms with van der Waals surface area (Å²) in [5.74, 6) is 1.83. The quantitative estimate of drug-likeness (QED) is 0.751. The third-order valence-corrected chi connectivity index (χ3v) is 3.87. The fourth-order valence-corrected chi connectivity index (χ4v) is 2.92. The molecule has 0 aliphatic rings. The molecular weight excluding hydrogens is 411 g/mol. The van der Waals surface area contributed by atoms with Crippen molar-refractivity contribution in [1.29, 1.82) is 0 Å². The molecule has 106 valence electrons. The van der Waals surface area contributed by atoms with E-state index in [4.69, 9.17) is 21.1 Å². The van der Waals surface area contributed by atoms with Crippen molar-refractivity contribution in [3.05, 3.63) is 38.4 Å². The number of ether oxygens (including phenoxy) is 2. The zero-order valence-electron chi connectivity index (χ0n) is 10.7. The van der Waals surface area contributed by atoms with E-state index in [1.54, 1.807) is 32.5 Å². The molecule has 0 bridgehead atoms. The van der Waals surface area contributed by atoms with Gasteiger partial charge in [0.15, 0.2) is 0 Å².